The Bertz CT molecular complexity index is 1940. The second-order valence-corrected chi connectivity index (χ2v) is 10.9. The van der Waals surface area contributed by atoms with E-state index in [-0.39, 0.29) is 11.8 Å². The molecule has 0 N–H and O–H groups in total. The number of carbonyl (C=O) groups is 1. The van der Waals surface area contributed by atoms with Gasteiger partial charge in [-0.3, -0.25) is 4.79 Å². The maximum atomic E-state index is 15.0. The van der Waals surface area contributed by atoms with Crippen LogP contribution in [0.5, 0.6) is 0 Å². The van der Waals surface area contributed by atoms with E-state index in [9.17, 15) is 0 Å². The Morgan fingerprint density at radius 2 is 1.24 bits per heavy atom. The molecule has 0 saturated heterocycles. The molecule has 0 aliphatic heterocycles. The average molecular weight is 475 g/mol. The van der Waals surface area contributed by atoms with Gasteiger partial charge >= 0.3 is 0 Å². The Labute approximate surface area is 216 Å². The molecule has 2 atom stereocenters. The normalized spacial score (nSPS) is 17.9. The summed E-state index contributed by atoms with van der Waals surface area (Å²) < 4.78 is 0. The number of rotatable bonds is 1. The van der Waals surface area contributed by atoms with Gasteiger partial charge in [0, 0.05) is 0 Å². The third-order valence-electron chi connectivity index (χ3n) is 8.90. The molecule has 2 aliphatic rings. The van der Waals surface area contributed by atoms with E-state index in [0.29, 0.717) is 5.78 Å². The minimum atomic E-state index is -0.299. The highest BCUT2D eigenvalue weighted by Gasteiger charge is 2.44. The van der Waals surface area contributed by atoms with Gasteiger partial charge < -0.3 is 0 Å². The maximum absolute atomic E-state index is 15.0. The number of hydrogen-bond acceptors (Lipinski definition) is 1. The fourth-order valence-electron chi connectivity index (χ4n) is 7.40. The van der Waals surface area contributed by atoms with Gasteiger partial charge in [0.1, 0.15) is 0 Å². The first-order valence-electron chi connectivity index (χ1n) is 13.2. The molecule has 0 aromatic heterocycles. The van der Waals surface area contributed by atoms with Gasteiger partial charge in [0.05, 0.1) is 11.8 Å². The predicted molar refractivity (Wildman–Crippen MR) is 153 cm³/mol. The van der Waals surface area contributed by atoms with Gasteiger partial charge in [-0.2, -0.15) is 0 Å². The van der Waals surface area contributed by atoms with Gasteiger partial charge in [-0.1, -0.05) is 97.1 Å². The molecule has 2 aliphatic carbocycles. The molecule has 0 bridgehead atoms. The van der Waals surface area contributed by atoms with Crippen LogP contribution in [-0.2, 0) is 11.2 Å². The van der Waals surface area contributed by atoms with Crippen LogP contribution in [0.4, 0.5) is 0 Å². The second kappa shape index (κ2) is 7.40. The van der Waals surface area contributed by atoms with E-state index in [4.69, 9.17) is 0 Å². The molecule has 0 spiro atoms. The van der Waals surface area contributed by atoms with E-state index in [1.54, 1.807) is 0 Å². The Kier molecular flexibility index (Phi) is 4.18. The fourth-order valence-corrected chi connectivity index (χ4v) is 7.40. The molecular weight excluding hydrogens is 448 g/mol. The largest absolute Gasteiger partial charge is 0.298 e. The molecule has 37 heavy (non-hydrogen) atoms. The van der Waals surface area contributed by atoms with Gasteiger partial charge in [-0.05, 0) is 97.1 Å². The van der Waals surface area contributed by atoms with E-state index < -0.39 is 0 Å². The Hall–Kier alpha value is -4.23. The van der Waals surface area contributed by atoms with Crippen LogP contribution in [0.15, 0.2) is 97.1 Å². The van der Waals surface area contributed by atoms with Gasteiger partial charge in [0.2, 0.25) is 0 Å². The van der Waals surface area contributed by atoms with Gasteiger partial charge in [-0.15, -0.1) is 0 Å². The molecule has 2 unspecified atom stereocenters. The van der Waals surface area contributed by atoms with Crippen molar-refractivity contribution in [3.63, 3.8) is 0 Å². The number of fused-ring (bicyclic) bond motifs is 5. The van der Waals surface area contributed by atoms with Crippen molar-refractivity contribution in [3.8, 4) is 0 Å². The summed E-state index contributed by atoms with van der Waals surface area (Å²) >= 11 is 0. The molecule has 176 valence electrons. The smallest absolute Gasteiger partial charge is 0.156 e. The molecule has 0 heterocycles. The van der Waals surface area contributed by atoms with E-state index in [1.165, 1.54) is 71.3 Å². The van der Waals surface area contributed by atoms with Gasteiger partial charge in [0.15, 0.2) is 5.78 Å². The fraction of sp³-hybridized carbons (Fsp3) is 0.139. The van der Waals surface area contributed by atoms with E-state index >= 15 is 4.79 Å². The molecule has 1 nitrogen and oxygen atoms in total. The van der Waals surface area contributed by atoms with Crippen LogP contribution < -0.4 is 0 Å². The number of aryl methyl sites for hydroxylation is 2. The van der Waals surface area contributed by atoms with Crippen molar-refractivity contribution < 1.29 is 4.79 Å². The van der Waals surface area contributed by atoms with E-state index in [1.807, 2.05) is 0 Å². The molecule has 8 rings (SSSR count). The highest BCUT2D eigenvalue weighted by atomic mass is 16.1. The summed E-state index contributed by atoms with van der Waals surface area (Å²) in [6, 6.07) is 34.8. The highest BCUT2D eigenvalue weighted by Crippen LogP contribution is 2.53. The Morgan fingerprint density at radius 3 is 2.08 bits per heavy atom. The standard InChI is InChI=1S/C36H26O/c1-20-18-21(2)30-33-26(20)17-16-25-19-24-15-14-23-9-4-6-12-28(23)31(24)35(32(25)33)36(37)34(30)29-13-7-10-22-8-3-5-11-27(22)29/h3-18,34-35H,19H2,1-2H3. The third kappa shape index (κ3) is 2.72. The molecule has 1 heteroatoms. The number of carbonyl (C=O) groups excluding carboxylic acids is 1. The minimum absolute atomic E-state index is 0.258. The molecule has 6 aromatic rings. The van der Waals surface area contributed by atoms with Crippen LogP contribution in [-0.4, -0.2) is 5.78 Å². The van der Waals surface area contributed by atoms with Crippen LogP contribution in [0.3, 0.4) is 0 Å². The summed E-state index contributed by atoms with van der Waals surface area (Å²) in [6.07, 6.45) is 0.876. The monoisotopic (exact) mass is 474 g/mol. The second-order valence-electron chi connectivity index (χ2n) is 10.9. The summed E-state index contributed by atoms with van der Waals surface area (Å²) in [5.41, 5.74) is 9.89. The first kappa shape index (κ1) is 20.9. The molecule has 0 radical (unpaired) electrons. The van der Waals surface area contributed by atoms with Crippen molar-refractivity contribution in [1.82, 2.24) is 0 Å². The van der Waals surface area contributed by atoms with Gasteiger partial charge in [-0.25, -0.2) is 0 Å². The summed E-state index contributed by atoms with van der Waals surface area (Å²) in [5, 5.41) is 7.37. The summed E-state index contributed by atoms with van der Waals surface area (Å²) in [4.78, 5) is 15.0. The summed E-state index contributed by atoms with van der Waals surface area (Å²) in [7, 11) is 0. The first-order valence-corrected chi connectivity index (χ1v) is 13.2. The predicted octanol–water partition coefficient (Wildman–Crippen LogP) is 8.51. The van der Waals surface area contributed by atoms with Crippen LogP contribution in [0.1, 0.15) is 56.3 Å². The Balaban J connectivity index is 1.55. The van der Waals surface area contributed by atoms with Crippen molar-refractivity contribution >= 4 is 38.1 Å². The molecular formula is C36H26O. The molecule has 6 aromatic carbocycles. The molecule has 0 saturated carbocycles. The van der Waals surface area contributed by atoms with E-state index in [2.05, 4.69) is 111 Å². The lowest BCUT2D eigenvalue weighted by Crippen LogP contribution is -2.32. The lowest BCUT2D eigenvalue weighted by atomic mass is 9.63. The van der Waals surface area contributed by atoms with Crippen molar-refractivity contribution in [1.29, 1.82) is 0 Å². The van der Waals surface area contributed by atoms with Crippen LogP contribution in [0.25, 0.3) is 32.3 Å². The van der Waals surface area contributed by atoms with Crippen molar-refractivity contribution in [2.75, 3.05) is 0 Å². The average Bonchev–Trinajstić information content (AvgIpc) is 2.93. The SMILES string of the molecule is Cc1cc(C)c2ccc3c4c2c1C(c1cccc2ccccc12)C(=O)C4c1c(ccc2ccccc12)C3. The zero-order valence-electron chi connectivity index (χ0n) is 21.0. The molecule has 0 fully saturated rings. The van der Waals surface area contributed by atoms with Crippen molar-refractivity contribution in [3.05, 3.63) is 142 Å². The van der Waals surface area contributed by atoms with Crippen molar-refractivity contribution in [2.24, 2.45) is 0 Å². The number of Topliss-reactive ketones (excluding diaryl/α,β-unsaturated/α-hetero) is 1. The summed E-state index contributed by atoms with van der Waals surface area (Å²) in [6.45, 7) is 4.40. The number of benzene rings is 6. The van der Waals surface area contributed by atoms with Gasteiger partial charge in [0.25, 0.3) is 0 Å². The lowest BCUT2D eigenvalue weighted by molar-refractivity contribution is -0.120. The maximum Gasteiger partial charge on any atom is 0.156 e. The molecule has 0 amide bonds. The summed E-state index contributed by atoms with van der Waals surface area (Å²) in [5.74, 6) is -0.250. The first-order chi connectivity index (χ1) is 18.1. The quantitative estimate of drug-likeness (QED) is 0.233. The van der Waals surface area contributed by atoms with Crippen LogP contribution >= 0.6 is 0 Å². The van der Waals surface area contributed by atoms with Crippen LogP contribution in [0, 0.1) is 13.8 Å². The number of hydrogen-bond donors (Lipinski definition) is 0. The number of ketones is 1. The highest BCUT2D eigenvalue weighted by molar-refractivity contribution is 6.13. The van der Waals surface area contributed by atoms with Crippen LogP contribution in [0.2, 0.25) is 0 Å². The zero-order chi connectivity index (χ0) is 24.8. The minimum Gasteiger partial charge on any atom is -0.298 e. The third-order valence-corrected chi connectivity index (χ3v) is 8.90. The van der Waals surface area contributed by atoms with Crippen molar-refractivity contribution in [2.45, 2.75) is 32.1 Å². The Morgan fingerprint density at radius 1 is 0.568 bits per heavy atom. The van der Waals surface area contributed by atoms with E-state index in [0.717, 1.165) is 12.0 Å². The lowest BCUT2D eigenvalue weighted by Gasteiger charge is -2.38. The topological polar surface area (TPSA) is 17.1 Å². The zero-order valence-corrected chi connectivity index (χ0v) is 21.0.